The fourth-order valence-electron chi connectivity index (χ4n) is 2.74. The van der Waals surface area contributed by atoms with Crippen molar-refractivity contribution in [2.75, 3.05) is 0 Å². The Bertz CT molecular complexity index is 921. The number of amides is 1. The van der Waals surface area contributed by atoms with E-state index in [1.807, 2.05) is 13.8 Å². The SMILES string of the molecule is CC(C)C[C@@H](C(=O)N[C@@H](CC(=O)O)C(=O)O)n1cnc2ccccc2c1=O. The maximum Gasteiger partial charge on any atom is 0.326 e. The number of carbonyl (C=O) groups is 3. The van der Waals surface area contributed by atoms with Gasteiger partial charge >= 0.3 is 11.9 Å². The summed E-state index contributed by atoms with van der Waals surface area (Å²) in [7, 11) is 0. The summed E-state index contributed by atoms with van der Waals surface area (Å²) >= 11 is 0. The van der Waals surface area contributed by atoms with Crippen LogP contribution in [0.15, 0.2) is 35.4 Å². The number of hydrogen-bond acceptors (Lipinski definition) is 5. The predicted octanol–water partition coefficient (Wildman–Crippen LogP) is 1.03. The van der Waals surface area contributed by atoms with E-state index < -0.39 is 41.9 Å². The number of hydrogen-bond donors (Lipinski definition) is 3. The van der Waals surface area contributed by atoms with Crippen molar-refractivity contribution in [1.82, 2.24) is 14.9 Å². The smallest absolute Gasteiger partial charge is 0.326 e. The summed E-state index contributed by atoms with van der Waals surface area (Å²) in [5.41, 5.74) is 0.0586. The van der Waals surface area contributed by atoms with E-state index in [9.17, 15) is 19.2 Å². The zero-order chi connectivity index (χ0) is 20.1. The lowest BCUT2D eigenvalue weighted by atomic mass is 10.0. The Morgan fingerprint density at radius 1 is 1.19 bits per heavy atom. The number of fused-ring (bicyclic) bond motifs is 1. The van der Waals surface area contributed by atoms with Gasteiger partial charge < -0.3 is 15.5 Å². The molecule has 0 aliphatic carbocycles. The van der Waals surface area contributed by atoms with Crippen LogP contribution >= 0.6 is 0 Å². The van der Waals surface area contributed by atoms with Crippen LogP contribution < -0.4 is 10.9 Å². The van der Waals surface area contributed by atoms with Crippen molar-refractivity contribution in [1.29, 1.82) is 0 Å². The van der Waals surface area contributed by atoms with Crippen molar-refractivity contribution in [3.8, 4) is 0 Å². The number of aliphatic carboxylic acids is 2. The van der Waals surface area contributed by atoms with Crippen LogP contribution in [0.3, 0.4) is 0 Å². The lowest BCUT2D eigenvalue weighted by Gasteiger charge is -2.23. The van der Waals surface area contributed by atoms with Gasteiger partial charge in [0.05, 0.1) is 23.7 Å². The zero-order valence-corrected chi connectivity index (χ0v) is 15.0. The summed E-state index contributed by atoms with van der Waals surface area (Å²) in [6.45, 7) is 3.71. The van der Waals surface area contributed by atoms with Crippen molar-refractivity contribution in [3.05, 3.63) is 40.9 Å². The molecule has 9 heteroatoms. The molecule has 2 aromatic rings. The molecule has 9 nitrogen and oxygen atoms in total. The number of carboxylic acid groups (broad SMARTS) is 2. The first-order valence-corrected chi connectivity index (χ1v) is 8.41. The van der Waals surface area contributed by atoms with Crippen molar-refractivity contribution in [3.63, 3.8) is 0 Å². The molecule has 0 bridgehead atoms. The van der Waals surface area contributed by atoms with Crippen LogP contribution in [-0.4, -0.2) is 43.7 Å². The Labute approximate surface area is 154 Å². The van der Waals surface area contributed by atoms with Gasteiger partial charge in [-0.2, -0.15) is 0 Å². The Kier molecular flexibility index (Phi) is 6.27. The van der Waals surface area contributed by atoms with E-state index in [0.717, 1.165) is 4.57 Å². The lowest BCUT2D eigenvalue weighted by molar-refractivity contribution is -0.147. The van der Waals surface area contributed by atoms with Crippen LogP contribution in [0.5, 0.6) is 0 Å². The van der Waals surface area contributed by atoms with E-state index in [-0.39, 0.29) is 12.3 Å². The molecule has 1 aromatic carbocycles. The second-order valence-electron chi connectivity index (χ2n) is 6.62. The molecule has 0 saturated heterocycles. The fraction of sp³-hybridized carbons (Fsp3) is 0.389. The highest BCUT2D eigenvalue weighted by Gasteiger charge is 2.29. The Hall–Kier alpha value is -3.23. The predicted molar refractivity (Wildman–Crippen MR) is 96.3 cm³/mol. The molecule has 0 saturated carbocycles. The van der Waals surface area contributed by atoms with Crippen LogP contribution in [0.4, 0.5) is 0 Å². The highest BCUT2D eigenvalue weighted by Crippen LogP contribution is 2.18. The maximum absolute atomic E-state index is 12.8. The van der Waals surface area contributed by atoms with Crippen LogP contribution in [0.2, 0.25) is 0 Å². The molecule has 1 heterocycles. The molecule has 144 valence electrons. The number of nitrogens with one attached hydrogen (secondary N) is 1. The zero-order valence-electron chi connectivity index (χ0n) is 15.0. The van der Waals surface area contributed by atoms with Crippen LogP contribution in [0.1, 0.15) is 32.7 Å². The van der Waals surface area contributed by atoms with Gasteiger partial charge in [0, 0.05) is 0 Å². The first-order chi connectivity index (χ1) is 12.7. The summed E-state index contributed by atoms with van der Waals surface area (Å²) < 4.78 is 1.16. The number of para-hydroxylation sites is 1. The first kappa shape index (κ1) is 20.1. The summed E-state index contributed by atoms with van der Waals surface area (Å²) in [6.07, 6.45) is 0.746. The van der Waals surface area contributed by atoms with E-state index in [1.54, 1.807) is 24.3 Å². The number of rotatable bonds is 8. The van der Waals surface area contributed by atoms with Gasteiger partial charge in [-0.15, -0.1) is 0 Å². The first-order valence-electron chi connectivity index (χ1n) is 8.41. The highest BCUT2D eigenvalue weighted by molar-refractivity contribution is 5.88. The second-order valence-corrected chi connectivity index (χ2v) is 6.62. The molecule has 2 rings (SSSR count). The average molecular weight is 375 g/mol. The highest BCUT2D eigenvalue weighted by atomic mass is 16.4. The minimum absolute atomic E-state index is 0.0156. The summed E-state index contributed by atoms with van der Waals surface area (Å²) in [6, 6.07) is 4.09. The van der Waals surface area contributed by atoms with E-state index in [4.69, 9.17) is 10.2 Å². The van der Waals surface area contributed by atoms with Crippen LogP contribution in [0, 0.1) is 5.92 Å². The molecule has 0 spiro atoms. The van der Waals surface area contributed by atoms with Gasteiger partial charge in [0.1, 0.15) is 12.1 Å². The average Bonchev–Trinajstić information content (AvgIpc) is 2.59. The van der Waals surface area contributed by atoms with Gasteiger partial charge in [0.15, 0.2) is 0 Å². The molecule has 0 unspecified atom stereocenters. The number of carbonyl (C=O) groups excluding carboxylic acids is 1. The molecule has 0 aliphatic heterocycles. The molecule has 0 aliphatic rings. The van der Waals surface area contributed by atoms with E-state index >= 15 is 0 Å². The third-order valence-corrected chi connectivity index (χ3v) is 4.02. The van der Waals surface area contributed by atoms with E-state index in [0.29, 0.717) is 10.9 Å². The number of nitrogens with zero attached hydrogens (tertiary/aromatic N) is 2. The molecule has 27 heavy (non-hydrogen) atoms. The standard InChI is InChI=1S/C18H21N3O6/c1-10(2)7-14(16(24)20-13(18(26)27)8-15(22)23)21-9-19-12-6-4-3-5-11(12)17(21)25/h3-6,9-10,13-14H,7-8H2,1-2H3,(H,20,24)(H,22,23)(H,26,27)/t13-,14-/m0/s1. The minimum Gasteiger partial charge on any atom is -0.481 e. The van der Waals surface area contributed by atoms with Crippen molar-refractivity contribution in [2.24, 2.45) is 5.92 Å². The van der Waals surface area contributed by atoms with Gasteiger partial charge in [0.25, 0.3) is 5.56 Å². The number of aromatic nitrogens is 2. The minimum atomic E-state index is -1.59. The van der Waals surface area contributed by atoms with E-state index in [2.05, 4.69) is 10.3 Å². The van der Waals surface area contributed by atoms with Crippen molar-refractivity contribution >= 4 is 28.7 Å². The molecule has 0 radical (unpaired) electrons. The Balaban J connectivity index is 2.41. The molecule has 1 aromatic heterocycles. The monoisotopic (exact) mass is 375 g/mol. The Morgan fingerprint density at radius 2 is 1.85 bits per heavy atom. The molecule has 1 amide bonds. The third kappa shape index (κ3) is 4.90. The third-order valence-electron chi connectivity index (χ3n) is 4.02. The van der Waals surface area contributed by atoms with Crippen LogP contribution in [0.25, 0.3) is 10.9 Å². The fourth-order valence-corrected chi connectivity index (χ4v) is 2.74. The number of benzene rings is 1. The molecular weight excluding hydrogens is 354 g/mol. The summed E-state index contributed by atoms with van der Waals surface area (Å²) in [5.74, 6) is -3.54. The van der Waals surface area contributed by atoms with Gasteiger partial charge in [-0.3, -0.25) is 19.0 Å². The summed E-state index contributed by atoms with van der Waals surface area (Å²) in [5, 5.41) is 20.5. The normalized spacial score (nSPS) is 13.3. The molecule has 0 fully saturated rings. The quantitative estimate of drug-likeness (QED) is 0.626. The van der Waals surface area contributed by atoms with Gasteiger partial charge in [-0.05, 0) is 24.5 Å². The maximum atomic E-state index is 12.8. The van der Waals surface area contributed by atoms with Gasteiger partial charge in [-0.1, -0.05) is 26.0 Å². The molecule has 2 atom stereocenters. The Morgan fingerprint density at radius 3 is 2.44 bits per heavy atom. The van der Waals surface area contributed by atoms with E-state index in [1.165, 1.54) is 6.33 Å². The molecular formula is C18H21N3O6. The van der Waals surface area contributed by atoms with Crippen molar-refractivity contribution in [2.45, 2.75) is 38.8 Å². The second kappa shape index (κ2) is 8.43. The van der Waals surface area contributed by atoms with Crippen molar-refractivity contribution < 1.29 is 24.6 Å². The molecule has 3 N–H and O–H groups in total. The topological polar surface area (TPSA) is 139 Å². The van der Waals surface area contributed by atoms with Crippen LogP contribution in [-0.2, 0) is 14.4 Å². The largest absolute Gasteiger partial charge is 0.481 e. The number of carboxylic acids is 2. The lowest BCUT2D eigenvalue weighted by Crippen LogP contribution is -2.47. The van der Waals surface area contributed by atoms with Gasteiger partial charge in [0.2, 0.25) is 5.91 Å². The van der Waals surface area contributed by atoms with Gasteiger partial charge in [-0.25, -0.2) is 9.78 Å². The summed E-state index contributed by atoms with van der Waals surface area (Å²) in [4.78, 5) is 51.8.